The van der Waals surface area contributed by atoms with E-state index in [1.54, 1.807) is 12.1 Å². The molecule has 0 radical (unpaired) electrons. The van der Waals surface area contributed by atoms with Crippen LogP contribution in [0.1, 0.15) is 38.5 Å². The van der Waals surface area contributed by atoms with Crippen molar-refractivity contribution in [3.63, 3.8) is 0 Å². The highest BCUT2D eigenvalue weighted by Crippen LogP contribution is 2.15. The van der Waals surface area contributed by atoms with E-state index in [-0.39, 0.29) is 11.4 Å². The predicted octanol–water partition coefficient (Wildman–Crippen LogP) is 2.51. The molecule has 24 heavy (non-hydrogen) atoms. The molecule has 0 atom stereocenters. The number of thioether (sulfide) groups is 1. The molecule has 1 fully saturated rings. The fraction of sp³-hybridized carbons (Fsp3) is 0.438. The van der Waals surface area contributed by atoms with Gasteiger partial charge in [0.1, 0.15) is 5.52 Å². The SMILES string of the molecule is NC(=NN=C1CCCCCC1)SCn1nnc2ccccc2c1=O. The Morgan fingerprint density at radius 1 is 1.21 bits per heavy atom. The molecule has 0 bridgehead atoms. The predicted molar refractivity (Wildman–Crippen MR) is 98.1 cm³/mol. The van der Waals surface area contributed by atoms with E-state index in [2.05, 4.69) is 20.5 Å². The molecule has 1 heterocycles. The van der Waals surface area contributed by atoms with Crippen molar-refractivity contribution in [1.29, 1.82) is 0 Å². The van der Waals surface area contributed by atoms with Crippen LogP contribution in [-0.4, -0.2) is 25.9 Å². The average molecular weight is 344 g/mol. The lowest BCUT2D eigenvalue weighted by Crippen LogP contribution is -2.24. The van der Waals surface area contributed by atoms with Crippen molar-refractivity contribution in [1.82, 2.24) is 15.0 Å². The zero-order valence-electron chi connectivity index (χ0n) is 13.4. The second-order valence-electron chi connectivity index (χ2n) is 5.70. The summed E-state index contributed by atoms with van der Waals surface area (Å²) in [7, 11) is 0. The van der Waals surface area contributed by atoms with E-state index >= 15 is 0 Å². The number of nitrogens with two attached hydrogens (primary N) is 1. The number of amidine groups is 1. The van der Waals surface area contributed by atoms with Gasteiger partial charge in [0.15, 0.2) is 5.17 Å². The highest BCUT2D eigenvalue weighted by molar-refractivity contribution is 8.12. The molecule has 0 spiro atoms. The molecule has 1 saturated carbocycles. The first-order chi connectivity index (χ1) is 11.7. The van der Waals surface area contributed by atoms with Crippen LogP contribution in [0.25, 0.3) is 10.9 Å². The molecule has 1 aromatic carbocycles. The van der Waals surface area contributed by atoms with Crippen LogP contribution in [0.3, 0.4) is 0 Å². The summed E-state index contributed by atoms with van der Waals surface area (Å²) < 4.78 is 1.29. The van der Waals surface area contributed by atoms with Gasteiger partial charge >= 0.3 is 0 Å². The third-order valence-corrected chi connectivity index (χ3v) is 4.69. The van der Waals surface area contributed by atoms with Gasteiger partial charge in [-0.05, 0) is 37.8 Å². The van der Waals surface area contributed by atoms with Crippen LogP contribution in [-0.2, 0) is 5.88 Å². The van der Waals surface area contributed by atoms with Crippen molar-refractivity contribution < 1.29 is 0 Å². The van der Waals surface area contributed by atoms with Gasteiger partial charge in [-0.15, -0.1) is 10.2 Å². The van der Waals surface area contributed by atoms with E-state index in [0.29, 0.717) is 16.1 Å². The smallest absolute Gasteiger partial charge is 0.278 e. The van der Waals surface area contributed by atoms with Gasteiger partial charge in [0.05, 0.1) is 11.3 Å². The summed E-state index contributed by atoms with van der Waals surface area (Å²) in [4.78, 5) is 12.3. The Labute approximate surface area is 144 Å². The lowest BCUT2D eigenvalue weighted by molar-refractivity contribution is 0.646. The van der Waals surface area contributed by atoms with Crippen molar-refractivity contribution in [3.8, 4) is 0 Å². The van der Waals surface area contributed by atoms with E-state index in [4.69, 9.17) is 5.73 Å². The maximum atomic E-state index is 12.3. The summed E-state index contributed by atoms with van der Waals surface area (Å²) in [6.45, 7) is 0. The van der Waals surface area contributed by atoms with E-state index in [9.17, 15) is 4.79 Å². The molecule has 1 aromatic heterocycles. The molecule has 2 N–H and O–H groups in total. The summed E-state index contributed by atoms with van der Waals surface area (Å²) >= 11 is 1.23. The first kappa shape index (κ1) is 16.6. The van der Waals surface area contributed by atoms with Crippen molar-refractivity contribution in [2.75, 3.05) is 0 Å². The van der Waals surface area contributed by atoms with Gasteiger partial charge in [-0.25, -0.2) is 0 Å². The molecule has 0 unspecified atom stereocenters. The third kappa shape index (κ3) is 4.19. The second kappa shape index (κ2) is 8.05. The lowest BCUT2D eigenvalue weighted by Gasteiger charge is -2.04. The summed E-state index contributed by atoms with van der Waals surface area (Å²) in [5, 5.41) is 17.2. The van der Waals surface area contributed by atoms with Crippen LogP contribution in [0.2, 0.25) is 0 Å². The van der Waals surface area contributed by atoms with Gasteiger partial charge < -0.3 is 5.73 Å². The van der Waals surface area contributed by atoms with E-state index < -0.39 is 0 Å². The number of aromatic nitrogens is 3. The largest absolute Gasteiger partial charge is 0.377 e. The van der Waals surface area contributed by atoms with Gasteiger partial charge in [-0.2, -0.15) is 9.78 Å². The molecule has 3 rings (SSSR count). The number of rotatable bonds is 3. The fourth-order valence-corrected chi connectivity index (χ4v) is 3.14. The van der Waals surface area contributed by atoms with Crippen LogP contribution in [0.5, 0.6) is 0 Å². The standard InChI is InChI=1S/C16H20N6OS/c17-16(20-18-12-7-3-1-2-4-8-12)24-11-22-15(23)13-9-5-6-10-14(13)19-21-22/h5-6,9-10H,1-4,7-8,11H2,(H2,17,20). The zero-order chi connectivity index (χ0) is 16.8. The maximum Gasteiger partial charge on any atom is 0.278 e. The minimum Gasteiger partial charge on any atom is -0.377 e. The topological polar surface area (TPSA) is 98.5 Å². The summed E-state index contributed by atoms with van der Waals surface area (Å²) in [5.41, 5.74) is 7.40. The number of fused-ring (bicyclic) bond motifs is 1. The fourth-order valence-electron chi connectivity index (χ4n) is 2.62. The summed E-state index contributed by atoms with van der Waals surface area (Å²) in [6.07, 6.45) is 6.86. The van der Waals surface area contributed by atoms with Crippen molar-refractivity contribution >= 4 is 33.5 Å². The van der Waals surface area contributed by atoms with Gasteiger partial charge in [0.2, 0.25) is 0 Å². The number of nitrogens with zero attached hydrogens (tertiary/aromatic N) is 5. The molecule has 0 amide bonds. The van der Waals surface area contributed by atoms with Crippen LogP contribution in [0, 0.1) is 0 Å². The minimum atomic E-state index is -0.184. The Hall–Kier alpha value is -2.22. The van der Waals surface area contributed by atoms with Crippen molar-refractivity contribution in [2.24, 2.45) is 15.9 Å². The maximum absolute atomic E-state index is 12.3. The third-order valence-electron chi connectivity index (χ3n) is 3.93. The molecule has 0 aliphatic heterocycles. The quantitative estimate of drug-likeness (QED) is 0.399. The van der Waals surface area contributed by atoms with Gasteiger partial charge in [-0.3, -0.25) is 4.79 Å². The van der Waals surface area contributed by atoms with Crippen molar-refractivity contribution in [2.45, 2.75) is 44.4 Å². The monoisotopic (exact) mass is 344 g/mol. The number of hydrogen-bond acceptors (Lipinski definition) is 6. The summed E-state index contributed by atoms with van der Waals surface area (Å²) in [5.74, 6) is 0.261. The number of hydrogen-bond donors (Lipinski definition) is 1. The molecule has 1 aliphatic carbocycles. The highest BCUT2D eigenvalue weighted by atomic mass is 32.2. The van der Waals surface area contributed by atoms with Crippen LogP contribution >= 0.6 is 11.8 Å². The molecular formula is C16H20N6OS. The van der Waals surface area contributed by atoms with Crippen LogP contribution < -0.4 is 11.3 Å². The van der Waals surface area contributed by atoms with Crippen LogP contribution in [0.4, 0.5) is 0 Å². The minimum absolute atomic E-state index is 0.184. The molecule has 8 heteroatoms. The molecule has 0 saturated heterocycles. The second-order valence-corrected chi connectivity index (χ2v) is 6.67. The average Bonchev–Trinajstić information content (AvgIpc) is 2.88. The molecule has 2 aromatic rings. The van der Waals surface area contributed by atoms with E-state index in [1.807, 2.05) is 12.1 Å². The van der Waals surface area contributed by atoms with E-state index in [0.717, 1.165) is 18.6 Å². The van der Waals surface area contributed by atoms with E-state index in [1.165, 1.54) is 42.1 Å². The first-order valence-electron chi connectivity index (χ1n) is 8.08. The summed E-state index contributed by atoms with van der Waals surface area (Å²) in [6, 6.07) is 7.14. The Balaban J connectivity index is 1.66. The Morgan fingerprint density at radius 2 is 1.96 bits per heavy atom. The molecular weight excluding hydrogens is 324 g/mol. The molecule has 126 valence electrons. The van der Waals surface area contributed by atoms with Gasteiger partial charge in [-0.1, -0.05) is 41.9 Å². The number of benzene rings is 1. The van der Waals surface area contributed by atoms with Gasteiger partial charge in [0.25, 0.3) is 5.56 Å². The van der Waals surface area contributed by atoms with Gasteiger partial charge in [0, 0.05) is 5.71 Å². The first-order valence-corrected chi connectivity index (χ1v) is 9.07. The lowest BCUT2D eigenvalue weighted by atomic mass is 10.2. The zero-order valence-corrected chi connectivity index (χ0v) is 14.2. The normalized spacial score (nSPS) is 16.2. The molecule has 1 aliphatic rings. The highest BCUT2D eigenvalue weighted by Gasteiger charge is 2.07. The van der Waals surface area contributed by atoms with Crippen molar-refractivity contribution in [3.05, 3.63) is 34.6 Å². The molecule has 7 nitrogen and oxygen atoms in total. The van der Waals surface area contributed by atoms with Crippen LogP contribution in [0.15, 0.2) is 39.3 Å². The Morgan fingerprint density at radius 3 is 2.75 bits per heavy atom. The Kier molecular flexibility index (Phi) is 5.58. The Bertz CT molecular complexity index is 819.